The van der Waals surface area contributed by atoms with Crippen LogP contribution in [0.5, 0.6) is 0 Å². The highest BCUT2D eigenvalue weighted by molar-refractivity contribution is 5.95. The Bertz CT molecular complexity index is 842. The van der Waals surface area contributed by atoms with Crippen molar-refractivity contribution in [1.29, 1.82) is 0 Å². The van der Waals surface area contributed by atoms with E-state index in [4.69, 9.17) is 0 Å². The molecule has 0 atom stereocenters. The van der Waals surface area contributed by atoms with E-state index >= 15 is 0 Å². The van der Waals surface area contributed by atoms with E-state index in [0.717, 1.165) is 11.1 Å². The minimum atomic E-state index is -0.341. The van der Waals surface area contributed by atoms with E-state index < -0.39 is 0 Å². The Morgan fingerprint density at radius 1 is 0.643 bits per heavy atom. The van der Waals surface area contributed by atoms with Crippen molar-refractivity contribution >= 4 is 11.8 Å². The lowest BCUT2D eigenvalue weighted by Gasteiger charge is -2.22. The molecule has 2 amide bonds. The number of hydrogen-bond acceptors (Lipinski definition) is 3. The summed E-state index contributed by atoms with van der Waals surface area (Å²) >= 11 is 0. The maximum absolute atomic E-state index is 12.4. The fraction of sp³-hybridized carbons (Fsp3) is 0.130. The van der Waals surface area contributed by atoms with Gasteiger partial charge < -0.3 is 0 Å². The van der Waals surface area contributed by atoms with Gasteiger partial charge >= 0.3 is 0 Å². The first-order chi connectivity index (χ1) is 13.7. The second-order valence-electron chi connectivity index (χ2n) is 6.48. The Balaban J connectivity index is 1.59. The molecule has 0 radical (unpaired) electrons. The number of benzene rings is 3. The van der Waals surface area contributed by atoms with Crippen molar-refractivity contribution in [2.45, 2.75) is 13.1 Å². The van der Waals surface area contributed by atoms with Gasteiger partial charge in [0.25, 0.3) is 11.8 Å². The number of hydrazine groups is 1. The Morgan fingerprint density at radius 3 is 1.61 bits per heavy atom. The molecule has 0 bridgehead atoms. The van der Waals surface area contributed by atoms with E-state index in [1.54, 1.807) is 24.3 Å². The van der Waals surface area contributed by atoms with Crippen LogP contribution in [0.2, 0.25) is 0 Å². The highest BCUT2D eigenvalue weighted by atomic mass is 16.2. The molecule has 0 spiro atoms. The molecule has 3 rings (SSSR count). The molecule has 0 fully saturated rings. The third-order valence-electron chi connectivity index (χ3n) is 4.22. The predicted octanol–water partition coefficient (Wildman–Crippen LogP) is 3.15. The fourth-order valence-electron chi connectivity index (χ4n) is 2.88. The number of carbonyl (C=O) groups is 2. The second kappa shape index (κ2) is 10.0. The van der Waals surface area contributed by atoms with Gasteiger partial charge in [-0.25, -0.2) is 0 Å². The van der Waals surface area contributed by atoms with Crippen LogP contribution in [0.4, 0.5) is 0 Å². The number of rotatable bonds is 7. The van der Waals surface area contributed by atoms with E-state index in [9.17, 15) is 9.59 Å². The molecule has 0 unspecified atom stereocenters. The molecule has 3 aromatic carbocycles. The molecule has 0 heterocycles. The minimum Gasteiger partial charge on any atom is -0.286 e. The molecule has 5 heteroatoms. The molecule has 2 N–H and O–H groups in total. The molecule has 0 aliphatic rings. The zero-order valence-electron chi connectivity index (χ0n) is 15.5. The monoisotopic (exact) mass is 373 g/mol. The summed E-state index contributed by atoms with van der Waals surface area (Å²) in [4.78, 5) is 26.5. The van der Waals surface area contributed by atoms with Crippen LogP contribution in [0.3, 0.4) is 0 Å². The Hall–Kier alpha value is -3.44. The first-order valence-electron chi connectivity index (χ1n) is 9.15. The second-order valence-corrected chi connectivity index (χ2v) is 6.48. The summed E-state index contributed by atoms with van der Waals surface area (Å²) in [6, 6.07) is 28.8. The van der Waals surface area contributed by atoms with Gasteiger partial charge in [-0.1, -0.05) is 78.9 Å². The van der Waals surface area contributed by atoms with Crippen LogP contribution < -0.4 is 10.9 Å². The largest absolute Gasteiger partial charge is 0.286 e. The molecule has 0 aliphatic carbocycles. The molecule has 5 nitrogen and oxygen atoms in total. The highest BCUT2D eigenvalue weighted by Gasteiger charge is 2.13. The van der Waals surface area contributed by atoms with Crippen molar-refractivity contribution in [3.63, 3.8) is 0 Å². The number of nitrogens with zero attached hydrogens (tertiary/aromatic N) is 1. The molecule has 0 saturated heterocycles. The third-order valence-corrected chi connectivity index (χ3v) is 4.22. The SMILES string of the molecule is O=C(CN(Cc1ccccc1)Cc1ccccc1)NNC(=O)c1ccccc1. The van der Waals surface area contributed by atoms with E-state index in [-0.39, 0.29) is 18.4 Å². The zero-order chi connectivity index (χ0) is 19.6. The van der Waals surface area contributed by atoms with Crippen LogP contribution in [0.25, 0.3) is 0 Å². The molecule has 142 valence electrons. The van der Waals surface area contributed by atoms with Crippen molar-refractivity contribution < 1.29 is 9.59 Å². The van der Waals surface area contributed by atoms with Crippen LogP contribution in [-0.4, -0.2) is 23.3 Å². The molecule has 0 aliphatic heterocycles. The maximum atomic E-state index is 12.4. The van der Waals surface area contributed by atoms with Crippen molar-refractivity contribution in [2.75, 3.05) is 6.54 Å². The van der Waals surface area contributed by atoms with Gasteiger partial charge in [-0.15, -0.1) is 0 Å². The van der Waals surface area contributed by atoms with Crippen LogP contribution in [0.15, 0.2) is 91.0 Å². The van der Waals surface area contributed by atoms with Gasteiger partial charge in [0.2, 0.25) is 0 Å². The van der Waals surface area contributed by atoms with Gasteiger partial charge in [-0.2, -0.15) is 0 Å². The summed E-state index contributed by atoms with van der Waals surface area (Å²) in [6.07, 6.45) is 0. The molecular formula is C23H23N3O2. The van der Waals surface area contributed by atoms with Gasteiger partial charge in [0.1, 0.15) is 0 Å². The van der Waals surface area contributed by atoms with Gasteiger partial charge in [-0.3, -0.25) is 25.3 Å². The normalized spacial score (nSPS) is 10.5. The summed E-state index contributed by atoms with van der Waals surface area (Å²) in [5.41, 5.74) is 7.71. The summed E-state index contributed by atoms with van der Waals surface area (Å²) in [5.74, 6) is -0.609. The smallest absolute Gasteiger partial charge is 0.269 e. The quantitative estimate of drug-likeness (QED) is 0.626. The van der Waals surface area contributed by atoms with E-state index in [0.29, 0.717) is 18.7 Å². The Morgan fingerprint density at radius 2 is 1.11 bits per heavy atom. The van der Waals surface area contributed by atoms with E-state index in [2.05, 4.69) is 10.9 Å². The molecule has 0 saturated carbocycles. The molecule has 3 aromatic rings. The van der Waals surface area contributed by atoms with Crippen molar-refractivity contribution in [1.82, 2.24) is 15.8 Å². The van der Waals surface area contributed by atoms with E-state index in [1.165, 1.54) is 0 Å². The fourth-order valence-corrected chi connectivity index (χ4v) is 2.88. The first-order valence-corrected chi connectivity index (χ1v) is 9.15. The third kappa shape index (κ3) is 6.07. The average Bonchev–Trinajstić information content (AvgIpc) is 2.74. The number of nitrogens with one attached hydrogen (secondary N) is 2. The van der Waals surface area contributed by atoms with Gasteiger partial charge in [0, 0.05) is 18.7 Å². The van der Waals surface area contributed by atoms with E-state index in [1.807, 2.05) is 71.6 Å². The van der Waals surface area contributed by atoms with Crippen molar-refractivity contribution in [3.05, 3.63) is 108 Å². The molecule has 0 aromatic heterocycles. The standard InChI is InChI=1S/C23H23N3O2/c27-22(24-25-23(28)21-14-8-3-9-15-21)18-26(16-19-10-4-1-5-11-19)17-20-12-6-2-7-13-20/h1-15H,16-18H2,(H,24,27)(H,25,28). The lowest BCUT2D eigenvalue weighted by atomic mass is 10.1. The Kier molecular flexibility index (Phi) is 6.93. The Labute approximate surface area is 165 Å². The molecule has 28 heavy (non-hydrogen) atoms. The zero-order valence-corrected chi connectivity index (χ0v) is 15.5. The maximum Gasteiger partial charge on any atom is 0.269 e. The van der Waals surface area contributed by atoms with Gasteiger partial charge in [0.15, 0.2) is 0 Å². The number of hydrogen-bond donors (Lipinski definition) is 2. The predicted molar refractivity (Wildman–Crippen MR) is 109 cm³/mol. The lowest BCUT2D eigenvalue weighted by Crippen LogP contribution is -2.46. The van der Waals surface area contributed by atoms with Crippen molar-refractivity contribution in [3.8, 4) is 0 Å². The topological polar surface area (TPSA) is 61.4 Å². The summed E-state index contributed by atoms with van der Waals surface area (Å²) in [6.45, 7) is 1.43. The first kappa shape index (κ1) is 19.3. The molecular weight excluding hydrogens is 350 g/mol. The van der Waals surface area contributed by atoms with Crippen LogP contribution in [-0.2, 0) is 17.9 Å². The van der Waals surface area contributed by atoms with Crippen LogP contribution >= 0.6 is 0 Å². The van der Waals surface area contributed by atoms with Gasteiger partial charge in [0.05, 0.1) is 6.54 Å². The summed E-state index contributed by atoms with van der Waals surface area (Å²) in [7, 11) is 0. The minimum absolute atomic E-state index is 0.166. The highest BCUT2D eigenvalue weighted by Crippen LogP contribution is 2.09. The average molecular weight is 373 g/mol. The van der Waals surface area contributed by atoms with Gasteiger partial charge in [-0.05, 0) is 23.3 Å². The number of carbonyl (C=O) groups excluding carboxylic acids is 2. The summed E-state index contributed by atoms with van der Waals surface area (Å²) < 4.78 is 0. The van der Waals surface area contributed by atoms with Crippen molar-refractivity contribution in [2.24, 2.45) is 0 Å². The van der Waals surface area contributed by atoms with Crippen LogP contribution in [0.1, 0.15) is 21.5 Å². The lowest BCUT2D eigenvalue weighted by molar-refractivity contribution is -0.123. The number of amides is 2. The summed E-state index contributed by atoms with van der Waals surface area (Å²) in [5, 5.41) is 0. The van der Waals surface area contributed by atoms with Crippen LogP contribution in [0, 0.1) is 0 Å².